The molecule has 1 atom stereocenters. The maximum absolute atomic E-state index is 14.3. The highest BCUT2D eigenvalue weighted by atomic mass is 32.1. The molecule has 24 heavy (non-hydrogen) atoms. The zero-order chi connectivity index (χ0) is 18.7. The summed E-state index contributed by atoms with van der Waals surface area (Å²) in [5.74, 6) is -4.56. The highest BCUT2D eigenvalue weighted by molar-refractivity contribution is 7.78. The molecule has 0 spiro atoms. The van der Waals surface area contributed by atoms with Gasteiger partial charge in [0.15, 0.2) is 0 Å². The first kappa shape index (κ1) is 20.7. The number of carbonyl (C=O) groups is 1. The van der Waals surface area contributed by atoms with Crippen molar-refractivity contribution in [1.82, 2.24) is 4.72 Å². The molecule has 0 saturated carbocycles. The summed E-state index contributed by atoms with van der Waals surface area (Å²) in [6, 6.07) is -1.68. The third kappa shape index (κ3) is 4.59. The molecule has 0 amide bonds. The Bertz CT molecular complexity index is 614. The summed E-state index contributed by atoms with van der Waals surface area (Å²) in [6.45, 7) is 1.42. The summed E-state index contributed by atoms with van der Waals surface area (Å²) >= 11 is 3.56. The third-order valence-corrected chi connectivity index (χ3v) is 3.34. The highest BCUT2D eigenvalue weighted by Crippen LogP contribution is 2.35. The number of ether oxygens (including phenoxy) is 1. The Morgan fingerprint density at radius 1 is 1.38 bits per heavy atom. The molecular formula is C12H13BF5NO4S. The smallest absolute Gasteiger partial charge is 0.466 e. The third-order valence-electron chi connectivity index (χ3n) is 3.03. The van der Waals surface area contributed by atoms with E-state index in [1.165, 1.54) is 6.92 Å². The fourth-order valence-electron chi connectivity index (χ4n) is 1.98. The number of thiol groups is 1. The van der Waals surface area contributed by atoms with Gasteiger partial charge in [0.05, 0.1) is 24.6 Å². The number of hydrogen-bond acceptors (Lipinski definition) is 6. The standard InChI is InChI=1S/C12H13BF5NO4S/c1-2-23-8(20)4-7(19-24)9-10(14)5(12(16,17)18)3-6(11(9)15)13(21)22/h3,7,19,21-22,24H,2,4H2,1H3/t7-/m0/s1. The average molecular weight is 373 g/mol. The van der Waals surface area contributed by atoms with Crippen molar-refractivity contribution in [2.75, 3.05) is 6.61 Å². The summed E-state index contributed by atoms with van der Waals surface area (Å²) in [4.78, 5) is 11.4. The lowest BCUT2D eigenvalue weighted by Crippen LogP contribution is -2.37. The first-order valence-electron chi connectivity index (χ1n) is 6.54. The number of rotatable bonds is 6. The fourth-order valence-corrected chi connectivity index (χ4v) is 2.20. The molecule has 134 valence electrons. The molecule has 0 aliphatic heterocycles. The molecule has 1 rings (SSSR count). The Kier molecular flexibility index (Phi) is 7.02. The number of hydrogen-bond donors (Lipinski definition) is 4. The first-order valence-corrected chi connectivity index (χ1v) is 6.99. The summed E-state index contributed by atoms with van der Waals surface area (Å²) in [5.41, 5.74) is -4.29. The Morgan fingerprint density at radius 3 is 2.38 bits per heavy atom. The number of carbonyl (C=O) groups excluding carboxylic acids is 1. The van der Waals surface area contributed by atoms with Gasteiger partial charge in [0.1, 0.15) is 11.6 Å². The average Bonchev–Trinajstić information content (AvgIpc) is 2.44. The molecule has 12 heteroatoms. The maximum Gasteiger partial charge on any atom is 0.491 e. The Morgan fingerprint density at radius 2 is 1.96 bits per heavy atom. The van der Waals surface area contributed by atoms with Gasteiger partial charge in [-0.15, -0.1) is 0 Å². The Balaban J connectivity index is 3.53. The molecule has 0 bridgehead atoms. The Labute approximate surface area is 139 Å². The maximum atomic E-state index is 14.3. The lowest BCUT2D eigenvalue weighted by Gasteiger charge is -2.21. The number of benzene rings is 1. The molecule has 0 radical (unpaired) electrons. The van der Waals surface area contributed by atoms with Gasteiger partial charge in [0.2, 0.25) is 0 Å². The van der Waals surface area contributed by atoms with Crippen molar-refractivity contribution in [3.8, 4) is 0 Å². The largest absolute Gasteiger partial charge is 0.491 e. The van der Waals surface area contributed by atoms with E-state index in [-0.39, 0.29) is 12.7 Å². The normalized spacial score (nSPS) is 12.9. The molecule has 0 saturated heterocycles. The van der Waals surface area contributed by atoms with Crippen LogP contribution < -0.4 is 10.2 Å². The van der Waals surface area contributed by atoms with Crippen LogP contribution in [-0.4, -0.2) is 29.7 Å². The van der Waals surface area contributed by atoms with E-state index in [0.29, 0.717) is 0 Å². The van der Waals surface area contributed by atoms with Crippen LogP contribution in [0.25, 0.3) is 0 Å². The van der Waals surface area contributed by atoms with Crippen molar-refractivity contribution < 1.29 is 41.5 Å². The van der Waals surface area contributed by atoms with Crippen molar-refractivity contribution in [1.29, 1.82) is 0 Å². The van der Waals surface area contributed by atoms with Crippen molar-refractivity contribution >= 4 is 31.4 Å². The van der Waals surface area contributed by atoms with Crippen LogP contribution in [0.2, 0.25) is 0 Å². The van der Waals surface area contributed by atoms with Gasteiger partial charge in [-0.1, -0.05) is 12.8 Å². The summed E-state index contributed by atoms with van der Waals surface area (Å²) < 4.78 is 73.8. The van der Waals surface area contributed by atoms with Crippen molar-refractivity contribution in [3.05, 3.63) is 28.8 Å². The number of esters is 1. The molecule has 3 N–H and O–H groups in total. The molecular weight excluding hydrogens is 360 g/mol. The first-order chi connectivity index (χ1) is 11.0. The Hall–Kier alpha value is -1.37. The van der Waals surface area contributed by atoms with Crippen LogP contribution in [0.3, 0.4) is 0 Å². The molecule has 0 fully saturated rings. The molecule has 0 heterocycles. The van der Waals surface area contributed by atoms with E-state index in [9.17, 15) is 26.7 Å². The van der Waals surface area contributed by atoms with Crippen molar-refractivity contribution in [2.24, 2.45) is 0 Å². The molecule has 0 aliphatic rings. The van der Waals surface area contributed by atoms with E-state index < -0.39 is 60.0 Å². The number of alkyl halides is 3. The van der Waals surface area contributed by atoms with Gasteiger partial charge in [-0.25, -0.2) is 8.78 Å². The van der Waals surface area contributed by atoms with Crippen LogP contribution in [0.5, 0.6) is 0 Å². The van der Waals surface area contributed by atoms with E-state index in [2.05, 4.69) is 17.6 Å². The molecule has 5 nitrogen and oxygen atoms in total. The second kappa shape index (κ2) is 8.14. The molecule has 0 aromatic heterocycles. The zero-order valence-electron chi connectivity index (χ0n) is 12.2. The van der Waals surface area contributed by atoms with Gasteiger partial charge in [-0.2, -0.15) is 13.2 Å². The van der Waals surface area contributed by atoms with E-state index in [1.54, 1.807) is 0 Å². The second-order valence-electron chi connectivity index (χ2n) is 4.62. The topological polar surface area (TPSA) is 78.8 Å². The van der Waals surface area contributed by atoms with Gasteiger partial charge < -0.3 is 14.8 Å². The van der Waals surface area contributed by atoms with Crippen LogP contribution in [0.1, 0.15) is 30.5 Å². The predicted octanol–water partition coefficient (Wildman–Crippen LogP) is 1.09. The summed E-state index contributed by atoms with van der Waals surface area (Å²) in [5, 5.41) is 18.1. The summed E-state index contributed by atoms with van der Waals surface area (Å²) in [7, 11) is -2.62. The quantitative estimate of drug-likeness (QED) is 0.260. The van der Waals surface area contributed by atoms with E-state index in [1.807, 2.05) is 4.72 Å². The van der Waals surface area contributed by atoms with E-state index in [0.717, 1.165) is 0 Å². The minimum absolute atomic E-state index is 0.0429. The number of nitrogens with one attached hydrogen (secondary N) is 1. The van der Waals surface area contributed by atoms with Crippen LogP contribution in [-0.2, 0) is 15.7 Å². The lowest BCUT2D eigenvalue weighted by molar-refractivity contribution is -0.143. The molecule has 1 aromatic carbocycles. The zero-order valence-corrected chi connectivity index (χ0v) is 13.1. The molecule has 1 aromatic rings. The monoisotopic (exact) mass is 373 g/mol. The van der Waals surface area contributed by atoms with Gasteiger partial charge in [-0.3, -0.25) is 9.52 Å². The van der Waals surface area contributed by atoms with Crippen LogP contribution >= 0.6 is 12.8 Å². The highest BCUT2D eigenvalue weighted by Gasteiger charge is 2.40. The lowest BCUT2D eigenvalue weighted by atomic mass is 9.76. The fraction of sp³-hybridized carbons (Fsp3) is 0.417. The minimum atomic E-state index is -5.22. The van der Waals surface area contributed by atoms with Crippen LogP contribution in [0.4, 0.5) is 22.0 Å². The number of halogens is 5. The van der Waals surface area contributed by atoms with Gasteiger partial charge >= 0.3 is 19.3 Å². The van der Waals surface area contributed by atoms with Crippen molar-refractivity contribution in [3.63, 3.8) is 0 Å². The van der Waals surface area contributed by atoms with E-state index in [4.69, 9.17) is 10.0 Å². The van der Waals surface area contributed by atoms with Crippen molar-refractivity contribution in [2.45, 2.75) is 25.6 Å². The molecule has 0 aliphatic carbocycles. The predicted molar refractivity (Wildman–Crippen MR) is 77.3 cm³/mol. The SMILES string of the molecule is CCOC(=O)C[C@H](NS)c1c(F)c(B(O)O)cc(C(F)(F)F)c1F. The van der Waals surface area contributed by atoms with Crippen LogP contribution in [0.15, 0.2) is 6.07 Å². The molecule has 0 unspecified atom stereocenters. The summed E-state index contributed by atoms with van der Waals surface area (Å²) in [6.07, 6.45) is -5.95. The van der Waals surface area contributed by atoms with Gasteiger partial charge in [0.25, 0.3) is 0 Å². The second-order valence-corrected chi connectivity index (χ2v) is 4.88. The van der Waals surface area contributed by atoms with E-state index >= 15 is 0 Å². The van der Waals surface area contributed by atoms with Gasteiger partial charge in [-0.05, 0) is 13.0 Å². The minimum Gasteiger partial charge on any atom is -0.466 e. The van der Waals surface area contributed by atoms with Crippen LogP contribution in [0, 0.1) is 11.6 Å². The van der Waals surface area contributed by atoms with Gasteiger partial charge in [0, 0.05) is 11.0 Å².